The van der Waals surface area contributed by atoms with Gasteiger partial charge in [0.1, 0.15) is 6.33 Å². The summed E-state index contributed by atoms with van der Waals surface area (Å²) in [5, 5.41) is 25.9. The van der Waals surface area contributed by atoms with Gasteiger partial charge in [-0.05, 0) is 54.7 Å². The van der Waals surface area contributed by atoms with Crippen molar-refractivity contribution in [1.82, 2.24) is 9.97 Å². The Morgan fingerprint density at radius 3 is 2.53 bits per heavy atom. The number of nitriles is 1. The number of nitrogens with one attached hydrogen (secondary N) is 1. The van der Waals surface area contributed by atoms with Crippen LogP contribution >= 0.6 is 23.2 Å². The number of rotatable bonds is 7. The number of carbonyl (C=O) groups is 1. The van der Waals surface area contributed by atoms with E-state index in [0.29, 0.717) is 52.8 Å². The second-order valence-corrected chi connectivity index (χ2v) is 9.71. The number of hydrogen-bond acceptors (Lipinski definition) is 9. The summed E-state index contributed by atoms with van der Waals surface area (Å²) >= 11 is 12.6. The second kappa shape index (κ2) is 11.6. The fourth-order valence-corrected chi connectivity index (χ4v) is 4.92. The van der Waals surface area contributed by atoms with Crippen LogP contribution in [0.15, 0.2) is 42.7 Å². The molecule has 196 valence electrons. The van der Waals surface area contributed by atoms with Gasteiger partial charge in [0, 0.05) is 28.8 Å². The van der Waals surface area contributed by atoms with E-state index in [4.69, 9.17) is 27.9 Å². The lowest BCUT2D eigenvalue weighted by Crippen LogP contribution is -2.37. The minimum absolute atomic E-state index is 0.0107. The molecule has 3 aromatic rings. The van der Waals surface area contributed by atoms with Crippen LogP contribution in [0, 0.1) is 34.3 Å². The van der Waals surface area contributed by atoms with E-state index in [0.717, 1.165) is 5.56 Å². The van der Waals surface area contributed by atoms with Gasteiger partial charge >= 0.3 is 11.7 Å². The standard InChI is InChI=1S/C26H24Cl2N6O4/c1-15-11-19(20(13-29)16-3-5-18(27)6-4-16)21(28)12-22(15)32-24-23(34(36)37)25(31-14-30-24)33-9-7-17(8-10-33)26(35)38-2/h3-6,11-12,14,17,20H,7-10H2,1-2H3,(H,30,31,32). The Morgan fingerprint density at radius 2 is 1.92 bits per heavy atom. The molecule has 1 atom stereocenters. The van der Waals surface area contributed by atoms with Gasteiger partial charge in [0.05, 0.1) is 29.9 Å². The first kappa shape index (κ1) is 27.1. The zero-order chi connectivity index (χ0) is 27.4. The molecule has 1 aliphatic rings. The number of anilines is 3. The molecule has 1 aliphatic heterocycles. The van der Waals surface area contributed by atoms with Crippen molar-refractivity contribution in [2.45, 2.75) is 25.7 Å². The molecule has 4 rings (SSSR count). The highest BCUT2D eigenvalue weighted by Crippen LogP contribution is 2.39. The summed E-state index contributed by atoms with van der Waals surface area (Å²) in [4.78, 5) is 33.6. The van der Waals surface area contributed by atoms with Crippen LogP contribution in [0.1, 0.15) is 35.4 Å². The molecule has 0 spiro atoms. The molecular formula is C26H24Cl2N6O4. The minimum atomic E-state index is -0.625. The smallest absolute Gasteiger partial charge is 0.353 e. The third-order valence-electron chi connectivity index (χ3n) is 6.55. The quantitative estimate of drug-likeness (QED) is 0.218. The Morgan fingerprint density at radius 1 is 1.24 bits per heavy atom. The molecule has 10 nitrogen and oxygen atoms in total. The summed E-state index contributed by atoms with van der Waals surface area (Å²) in [7, 11) is 1.35. The molecule has 1 N–H and O–H groups in total. The molecule has 0 radical (unpaired) electrons. The van der Waals surface area contributed by atoms with Crippen molar-refractivity contribution in [1.29, 1.82) is 5.26 Å². The molecule has 1 saturated heterocycles. The summed E-state index contributed by atoms with van der Waals surface area (Å²) in [5.74, 6) is -0.974. The van der Waals surface area contributed by atoms with Gasteiger partial charge in [-0.1, -0.05) is 41.4 Å². The molecule has 1 unspecified atom stereocenters. The summed E-state index contributed by atoms with van der Waals surface area (Å²) in [5.41, 5.74) is 2.28. The van der Waals surface area contributed by atoms with Crippen LogP contribution < -0.4 is 10.2 Å². The normalized spacial score (nSPS) is 14.4. The van der Waals surface area contributed by atoms with Gasteiger partial charge in [-0.3, -0.25) is 14.9 Å². The average Bonchev–Trinajstić information content (AvgIpc) is 2.92. The Balaban J connectivity index is 1.63. The number of halogens is 2. The van der Waals surface area contributed by atoms with E-state index >= 15 is 0 Å². The molecule has 1 aromatic heterocycles. The summed E-state index contributed by atoms with van der Waals surface area (Å²) < 4.78 is 4.82. The number of hydrogen-bond donors (Lipinski definition) is 1. The van der Waals surface area contributed by atoms with E-state index in [1.807, 2.05) is 6.92 Å². The van der Waals surface area contributed by atoms with Crippen LogP contribution in [-0.2, 0) is 9.53 Å². The molecule has 0 aliphatic carbocycles. The highest BCUT2D eigenvalue weighted by Gasteiger charge is 2.32. The van der Waals surface area contributed by atoms with Crippen molar-refractivity contribution in [2.24, 2.45) is 5.92 Å². The number of aryl methyl sites for hydroxylation is 1. The second-order valence-electron chi connectivity index (χ2n) is 8.86. The van der Waals surface area contributed by atoms with Crippen LogP contribution in [-0.4, -0.2) is 41.1 Å². The zero-order valence-electron chi connectivity index (χ0n) is 20.6. The van der Waals surface area contributed by atoms with Crippen LogP contribution in [0.25, 0.3) is 0 Å². The van der Waals surface area contributed by atoms with Crippen molar-refractivity contribution in [3.8, 4) is 6.07 Å². The fraction of sp³-hybridized carbons (Fsp3) is 0.308. The van der Waals surface area contributed by atoms with Gasteiger partial charge in [0.25, 0.3) is 0 Å². The monoisotopic (exact) mass is 554 g/mol. The predicted molar refractivity (Wildman–Crippen MR) is 144 cm³/mol. The van der Waals surface area contributed by atoms with Gasteiger partial charge in [-0.25, -0.2) is 9.97 Å². The van der Waals surface area contributed by atoms with E-state index in [-0.39, 0.29) is 29.2 Å². The lowest BCUT2D eigenvalue weighted by molar-refractivity contribution is -0.383. The number of carbonyl (C=O) groups excluding carboxylic acids is 1. The lowest BCUT2D eigenvalue weighted by Gasteiger charge is -2.31. The minimum Gasteiger partial charge on any atom is -0.469 e. The molecule has 38 heavy (non-hydrogen) atoms. The maximum absolute atomic E-state index is 12.1. The van der Waals surface area contributed by atoms with Crippen LogP contribution in [0.3, 0.4) is 0 Å². The SMILES string of the molecule is COC(=O)C1CCN(c2ncnc(Nc3cc(Cl)c(C(C#N)c4ccc(Cl)cc4)cc3C)c2[N+](=O)[O-])CC1. The Bertz CT molecular complexity index is 1400. The van der Waals surface area contributed by atoms with Crippen molar-refractivity contribution in [2.75, 3.05) is 30.4 Å². The Labute approximate surface area is 229 Å². The van der Waals surface area contributed by atoms with Gasteiger partial charge in [-0.2, -0.15) is 5.26 Å². The molecule has 0 bridgehead atoms. The topological polar surface area (TPSA) is 134 Å². The van der Waals surface area contributed by atoms with Crippen LogP contribution in [0.5, 0.6) is 0 Å². The summed E-state index contributed by atoms with van der Waals surface area (Å²) in [6.45, 7) is 2.64. The highest BCUT2D eigenvalue weighted by molar-refractivity contribution is 6.32. The first-order chi connectivity index (χ1) is 18.2. The number of esters is 1. The molecule has 0 amide bonds. The van der Waals surface area contributed by atoms with Crippen molar-refractivity contribution in [3.05, 3.63) is 79.6 Å². The van der Waals surface area contributed by atoms with Gasteiger partial charge in [0.15, 0.2) is 0 Å². The average molecular weight is 555 g/mol. The van der Waals surface area contributed by atoms with Gasteiger partial charge in [-0.15, -0.1) is 0 Å². The Kier molecular flexibility index (Phi) is 8.29. The van der Waals surface area contributed by atoms with E-state index < -0.39 is 10.8 Å². The first-order valence-electron chi connectivity index (χ1n) is 11.8. The lowest BCUT2D eigenvalue weighted by atomic mass is 9.91. The van der Waals surface area contributed by atoms with Gasteiger partial charge in [0.2, 0.25) is 11.6 Å². The Hall–Kier alpha value is -3.94. The fourth-order valence-electron chi connectivity index (χ4n) is 4.52. The van der Waals surface area contributed by atoms with Gasteiger partial charge < -0.3 is 15.0 Å². The molecule has 1 fully saturated rings. The number of nitro groups is 1. The maximum atomic E-state index is 12.1. The third-order valence-corrected chi connectivity index (χ3v) is 7.13. The van der Waals surface area contributed by atoms with Crippen molar-refractivity contribution < 1.29 is 14.5 Å². The van der Waals surface area contributed by atoms with Crippen LogP contribution in [0.2, 0.25) is 10.0 Å². The first-order valence-corrected chi connectivity index (χ1v) is 12.5. The predicted octanol–water partition coefficient (Wildman–Crippen LogP) is 5.79. The third kappa shape index (κ3) is 5.64. The van der Waals surface area contributed by atoms with E-state index in [1.54, 1.807) is 41.3 Å². The largest absolute Gasteiger partial charge is 0.469 e. The molecule has 0 saturated carbocycles. The summed E-state index contributed by atoms with van der Waals surface area (Å²) in [6, 6.07) is 12.6. The van der Waals surface area contributed by atoms with E-state index in [2.05, 4.69) is 21.4 Å². The number of piperidine rings is 1. The van der Waals surface area contributed by atoms with Crippen molar-refractivity contribution >= 4 is 52.2 Å². The zero-order valence-corrected chi connectivity index (χ0v) is 22.2. The van der Waals surface area contributed by atoms with Crippen LogP contribution in [0.4, 0.5) is 23.0 Å². The number of benzene rings is 2. The summed E-state index contributed by atoms with van der Waals surface area (Å²) in [6.07, 6.45) is 2.26. The molecule has 2 aromatic carbocycles. The van der Waals surface area contributed by atoms with Crippen molar-refractivity contribution in [3.63, 3.8) is 0 Å². The van der Waals surface area contributed by atoms with E-state index in [9.17, 15) is 20.2 Å². The maximum Gasteiger partial charge on any atom is 0.353 e. The number of aromatic nitrogens is 2. The van der Waals surface area contributed by atoms with E-state index in [1.165, 1.54) is 13.4 Å². The molecule has 2 heterocycles. The molecular weight excluding hydrogens is 531 g/mol. The number of ether oxygens (including phenoxy) is 1. The number of methoxy groups -OCH3 is 1. The molecule has 12 heteroatoms. The highest BCUT2D eigenvalue weighted by atomic mass is 35.5. The number of nitrogens with zero attached hydrogens (tertiary/aromatic N) is 5.